The van der Waals surface area contributed by atoms with Crippen LogP contribution >= 0.6 is 11.6 Å². The highest BCUT2D eigenvalue weighted by atomic mass is 35.5. The van der Waals surface area contributed by atoms with Crippen LogP contribution in [0, 0.1) is 12.7 Å². The fourth-order valence-corrected chi connectivity index (χ4v) is 2.70. The summed E-state index contributed by atoms with van der Waals surface area (Å²) in [6.07, 6.45) is 3.79. The number of halogens is 2. The maximum absolute atomic E-state index is 13.1. The quantitative estimate of drug-likeness (QED) is 0.934. The first-order valence-corrected chi connectivity index (χ1v) is 7.77. The zero-order chi connectivity index (χ0) is 16.4. The molecule has 5 nitrogen and oxygen atoms in total. The second-order valence-corrected chi connectivity index (χ2v) is 5.85. The molecule has 2 aromatic rings. The molecular weight excluding hydrogens is 319 g/mol. The summed E-state index contributed by atoms with van der Waals surface area (Å²) in [6, 6.07) is 4.02. The molecule has 1 aromatic heterocycles. The molecule has 0 bridgehead atoms. The summed E-state index contributed by atoms with van der Waals surface area (Å²) in [7, 11) is 0. The lowest BCUT2D eigenvalue weighted by atomic mass is 10.2. The predicted molar refractivity (Wildman–Crippen MR) is 87.6 cm³/mol. The molecule has 1 aliphatic heterocycles. The van der Waals surface area contributed by atoms with Crippen LogP contribution in [0.4, 0.5) is 16.0 Å². The first kappa shape index (κ1) is 15.7. The van der Waals surface area contributed by atoms with Crippen molar-refractivity contribution in [3.05, 3.63) is 46.5 Å². The van der Waals surface area contributed by atoms with E-state index in [0.717, 1.165) is 25.9 Å². The number of aromatic nitrogens is 2. The minimum absolute atomic E-state index is 0.0415. The molecule has 23 heavy (non-hydrogen) atoms. The van der Waals surface area contributed by atoms with E-state index in [2.05, 4.69) is 20.2 Å². The highest BCUT2D eigenvalue weighted by molar-refractivity contribution is 6.31. The largest absolute Gasteiger partial charge is 0.341 e. The zero-order valence-corrected chi connectivity index (χ0v) is 13.4. The Balaban J connectivity index is 1.77. The minimum Gasteiger partial charge on any atom is -0.341 e. The molecule has 1 aliphatic rings. The van der Waals surface area contributed by atoms with Crippen LogP contribution in [-0.4, -0.2) is 29.0 Å². The van der Waals surface area contributed by atoms with E-state index in [1.54, 1.807) is 6.92 Å². The Morgan fingerprint density at radius 1 is 1.35 bits per heavy atom. The Morgan fingerprint density at radius 3 is 2.74 bits per heavy atom. The molecule has 0 atom stereocenters. The molecule has 0 aliphatic carbocycles. The van der Waals surface area contributed by atoms with Crippen molar-refractivity contribution in [2.24, 2.45) is 0 Å². The van der Waals surface area contributed by atoms with Gasteiger partial charge in [-0.1, -0.05) is 11.6 Å². The number of amides is 1. The number of nitrogens with one attached hydrogen (secondary N) is 1. The van der Waals surface area contributed by atoms with Crippen molar-refractivity contribution in [2.75, 3.05) is 23.3 Å². The second-order valence-electron chi connectivity index (χ2n) is 5.45. The average molecular weight is 335 g/mol. The van der Waals surface area contributed by atoms with Crippen molar-refractivity contribution in [2.45, 2.75) is 19.8 Å². The summed E-state index contributed by atoms with van der Waals surface area (Å²) in [6.45, 7) is 3.66. The Bertz CT molecular complexity index is 747. The van der Waals surface area contributed by atoms with Gasteiger partial charge in [0.15, 0.2) is 0 Å². The van der Waals surface area contributed by atoms with Crippen molar-refractivity contribution in [1.82, 2.24) is 9.97 Å². The third-order valence-corrected chi connectivity index (χ3v) is 4.07. The topological polar surface area (TPSA) is 58.1 Å². The number of hydrogen-bond acceptors (Lipinski definition) is 4. The molecule has 120 valence electrons. The number of carbonyl (C=O) groups is 1. The maximum Gasteiger partial charge on any atom is 0.259 e. The lowest BCUT2D eigenvalue weighted by Gasteiger charge is -2.16. The first-order valence-electron chi connectivity index (χ1n) is 7.39. The van der Waals surface area contributed by atoms with E-state index in [1.807, 2.05) is 0 Å². The van der Waals surface area contributed by atoms with Gasteiger partial charge in [-0.15, -0.1) is 0 Å². The van der Waals surface area contributed by atoms with E-state index in [-0.39, 0.29) is 10.9 Å². The van der Waals surface area contributed by atoms with Gasteiger partial charge in [0.05, 0.1) is 16.3 Å². The number of benzene rings is 1. The molecule has 0 saturated carbocycles. The van der Waals surface area contributed by atoms with E-state index in [0.29, 0.717) is 22.9 Å². The van der Waals surface area contributed by atoms with E-state index in [9.17, 15) is 9.18 Å². The van der Waals surface area contributed by atoms with Crippen LogP contribution in [0.1, 0.15) is 28.9 Å². The SMILES string of the molecule is Cc1nc(N2CCCC2)ncc1C(=O)Nc1ccc(F)c(Cl)c1. The molecule has 1 aromatic carbocycles. The lowest BCUT2D eigenvalue weighted by molar-refractivity contribution is 0.102. The summed E-state index contributed by atoms with van der Waals surface area (Å²) in [5.41, 5.74) is 1.41. The van der Waals surface area contributed by atoms with Gasteiger partial charge in [-0.25, -0.2) is 14.4 Å². The van der Waals surface area contributed by atoms with Crippen LogP contribution in [0.15, 0.2) is 24.4 Å². The van der Waals surface area contributed by atoms with Crippen LogP contribution in [0.2, 0.25) is 5.02 Å². The molecule has 1 N–H and O–H groups in total. The molecular formula is C16H16ClFN4O. The van der Waals surface area contributed by atoms with Gasteiger partial charge in [0.2, 0.25) is 5.95 Å². The smallest absolute Gasteiger partial charge is 0.259 e. The molecule has 1 saturated heterocycles. The molecule has 3 rings (SSSR count). The highest BCUT2D eigenvalue weighted by Gasteiger charge is 2.18. The summed E-state index contributed by atoms with van der Waals surface area (Å²) in [5, 5.41) is 2.63. The Kier molecular flexibility index (Phi) is 4.43. The van der Waals surface area contributed by atoms with Gasteiger partial charge >= 0.3 is 0 Å². The van der Waals surface area contributed by atoms with E-state index in [4.69, 9.17) is 11.6 Å². The Labute approximate surface area is 138 Å². The highest BCUT2D eigenvalue weighted by Crippen LogP contribution is 2.21. The van der Waals surface area contributed by atoms with Gasteiger partial charge in [-0.2, -0.15) is 0 Å². The van der Waals surface area contributed by atoms with Crippen LogP contribution in [-0.2, 0) is 0 Å². The summed E-state index contributed by atoms with van der Waals surface area (Å²) >= 11 is 5.71. The van der Waals surface area contributed by atoms with Crippen molar-refractivity contribution < 1.29 is 9.18 Å². The molecule has 1 amide bonds. The predicted octanol–water partition coefficient (Wildman–Crippen LogP) is 3.43. The Morgan fingerprint density at radius 2 is 2.09 bits per heavy atom. The van der Waals surface area contributed by atoms with Crippen LogP contribution < -0.4 is 10.2 Å². The van der Waals surface area contributed by atoms with Crippen LogP contribution in [0.3, 0.4) is 0 Å². The van der Waals surface area contributed by atoms with Gasteiger partial charge in [-0.3, -0.25) is 4.79 Å². The molecule has 7 heteroatoms. The van der Waals surface area contributed by atoms with Gasteiger partial charge in [0.1, 0.15) is 5.82 Å². The van der Waals surface area contributed by atoms with Crippen LogP contribution in [0.5, 0.6) is 0 Å². The molecule has 2 heterocycles. The van der Waals surface area contributed by atoms with Crippen LogP contribution in [0.25, 0.3) is 0 Å². The van der Waals surface area contributed by atoms with Gasteiger partial charge in [0.25, 0.3) is 5.91 Å². The summed E-state index contributed by atoms with van der Waals surface area (Å²) in [5.74, 6) is -0.223. The number of anilines is 2. The third-order valence-electron chi connectivity index (χ3n) is 3.78. The number of aryl methyl sites for hydroxylation is 1. The van der Waals surface area contributed by atoms with Crippen molar-refractivity contribution in [1.29, 1.82) is 0 Å². The first-order chi connectivity index (χ1) is 11.0. The minimum atomic E-state index is -0.529. The van der Waals surface area contributed by atoms with Crippen molar-refractivity contribution >= 4 is 29.1 Å². The van der Waals surface area contributed by atoms with E-state index < -0.39 is 5.82 Å². The zero-order valence-electron chi connectivity index (χ0n) is 12.6. The van der Waals surface area contributed by atoms with E-state index in [1.165, 1.54) is 24.4 Å². The van der Waals surface area contributed by atoms with Gasteiger partial charge in [-0.05, 0) is 38.0 Å². The molecule has 1 fully saturated rings. The second kappa shape index (κ2) is 6.50. The summed E-state index contributed by atoms with van der Waals surface area (Å²) in [4.78, 5) is 23.1. The number of rotatable bonds is 3. The monoisotopic (exact) mass is 334 g/mol. The molecule has 0 unspecified atom stereocenters. The number of hydrogen-bond donors (Lipinski definition) is 1. The molecule has 0 radical (unpaired) electrons. The summed E-state index contributed by atoms with van der Waals surface area (Å²) < 4.78 is 13.1. The van der Waals surface area contributed by atoms with Crippen molar-refractivity contribution in [3.8, 4) is 0 Å². The van der Waals surface area contributed by atoms with E-state index >= 15 is 0 Å². The average Bonchev–Trinajstić information content (AvgIpc) is 3.05. The van der Waals surface area contributed by atoms with Gasteiger partial charge in [0, 0.05) is 25.0 Å². The number of nitrogens with zero attached hydrogens (tertiary/aromatic N) is 3. The van der Waals surface area contributed by atoms with Crippen molar-refractivity contribution in [3.63, 3.8) is 0 Å². The molecule has 0 spiro atoms. The third kappa shape index (κ3) is 3.42. The fourth-order valence-electron chi connectivity index (χ4n) is 2.52. The maximum atomic E-state index is 13.1. The lowest BCUT2D eigenvalue weighted by Crippen LogP contribution is -2.22. The fraction of sp³-hybridized carbons (Fsp3) is 0.312. The van der Waals surface area contributed by atoms with Gasteiger partial charge < -0.3 is 10.2 Å². The number of carbonyl (C=O) groups excluding carboxylic acids is 1. The Hall–Kier alpha value is -2.21. The normalized spacial score (nSPS) is 14.1. The standard InChI is InChI=1S/C16H16ClFN4O/c1-10-12(9-19-16(20-10)22-6-2-3-7-22)15(23)21-11-4-5-14(18)13(17)8-11/h4-5,8-9H,2-3,6-7H2,1H3,(H,21,23).